The summed E-state index contributed by atoms with van der Waals surface area (Å²) in [5, 5.41) is 9.34. The average molecular weight is 582 g/mol. The van der Waals surface area contributed by atoms with Gasteiger partial charge in [-0.15, -0.1) is 0 Å². The minimum absolute atomic E-state index is 0.116. The molecule has 3 amide bonds. The number of nitrogens with zero attached hydrogens (tertiary/aromatic N) is 4. The predicted octanol–water partition coefficient (Wildman–Crippen LogP) is 3.53. The topological polar surface area (TPSA) is 105 Å². The molecule has 0 saturated carbocycles. The Morgan fingerprint density at radius 3 is 2.29 bits per heavy atom. The standard InChI is InChI=1S/C31H43N5O6/c1-31(2,3)32-30(38)35(14-13-34-15-17-42-18-16-34)21-29(37)36-27(22-7-9-23(39-4)10-8-22)20-26(33-36)25-12-11-24(40-5)19-28(25)41-6/h7-12,19,27H,13-18,20-21H2,1-6H3,(H,32,38). The Labute approximate surface area is 248 Å². The van der Waals surface area contributed by atoms with E-state index in [-0.39, 0.29) is 24.5 Å². The third kappa shape index (κ3) is 7.92. The molecule has 1 N–H and O–H groups in total. The van der Waals surface area contributed by atoms with Crippen molar-refractivity contribution in [2.45, 2.75) is 38.8 Å². The maximum Gasteiger partial charge on any atom is 0.318 e. The number of ether oxygens (including phenoxy) is 4. The summed E-state index contributed by atoms with van der Waals surface area (Å²) in [6.07, 6.45) is 0.475. The second-order valence-electron chi connectivity index (χ2n) is 11.4. The van der Waals surface area contributed by atoms with Crippen molar-refractivity contribution in [1.82, 2.24) is 20.1 Å². The first kappa shape index (κ1) is 31.1. The van der Waals surface area contributed by atoms with Gasteiger partial charge in [-0.3, -0.25) is 9.69 Å². The van der Waals surface area contributed by atoms with Crippen molar-refractivity contribution in [3.63, 3.8) is 0 Å². The summed E-state index contributed by atoms with van der Waals surface area (Å²) in [5.74, 6) is 1.72. The smallest absolute Gasteiger partial charge is 0.318 e. The van der Waals surface area contributed by atoms with Gasteiger partial charge in [-0.25, -0.2) is 9.80 Å². The van der Waals surface area contributed by atoms with Crippen LogP contribution in [0.25, 0.3) is 0 Å². The van der Waals surface area contributed by atoms with Crippen molar-refractivity contribution in [1.29, 1.82) is 0 Å². The van der Waals surface area contributed by atoms with Crippen LogP contribution in [0.1, 0.15) is 44.4 Å². The van der Waals surface area contributed by atoms with Crippen LogP contribution in [0.2, 0.25) is 0 Å². The first-order valence-electron chi connectivity index (χ1n) is 14.2. The Morgan fingerprint density at radius 1 is 1.00 bits per heavy atom. The summed E-state index contributed by atoms with van der Waals surface area (Å²) in [6, 6.07) is 12.5. The van der Waals surface area contributed by atoms with Crippen molar-refractivity contribution in [3.05, 3.63) is 53.6 Å². The van der Waals surface area contributed by atoms with Gasteiger partial charge in [0.05, 0.1) is 46.3 Å². The third-order valence-corrected chi connectivity index (χ3v) is 7.27. The molecule has 4 rings (SSSR count). The summed E-state index contributed by atoms with van der Waals surface area (Å²) in [6.45, 7) is 9.62. The Hall–Kier alpha value is -3.83. The quantitative estimate of drug-likeness (QED) is 0.458. The average Bonchev–Trinajstić information content (AvgIpc) is 3.44. The second-order valence-corrected chi connectivity index (χ2v) is 11.4. The first-order valence-corrected chi connectivity index (χ1v) is 14.2. The van der Waals surface area contributed by atoms with Crippen LogP contribution < -0.4 is 19.5 Å². The Morgan fingerprint density at radius 2 is 1.67 bits per heavy atom. The van der Waals surface area contributed by atoms with E-state index in [0.717, 1.165) is 30.0 Å². The van der Waals surface area contributed by atoms with Crippen molar-refractivity contribution >= 4 is 17.6 Å². The van der Waals surface area contributed by atoms with Gasteiger partial charge in [-0.1, -0.05) is 12.1 Å². The predicted molar refractivity (Wildman–Crippen MR) is 160 cm³/mol. The molecule has 2 aliphatic rings. The lowest BCUT2D eigenvalue weighted by Crippen LogP contribution is -2.53. The van der Waals surface area contributed by atoms with Crippen molar-refractivity contribution < 1.29 is 28.5 Å². The van der Waals surface area contributed by atoms with Crippen LogP contribution in [0.5, 0.6) is 17.2 Å². The van der Waals surface area contributed by atoms with E-state index in [1.54, 1.807) is 32.3 Å². The number of rotatable bonds is 10. The summed E-state index contributed by atoms with van der Waals surface area (Å²) in [4.78, 5) is 31.2. The molecule has 1 saturated heterocycles. The van der Waals surface area contributed by atoms with Crippen LogP contribution >= 0.6 is 0 Å². The summed E-state index contributed by atoms with van der Waals surface area (Å²) in [5.41, 5.74) is 1.95. The molecule has 0 radical (unpaired) electrons. The van der Waals surface area contributed by atoms with E-state index in [4.69, 9.17) is 24.0 Å². The molecule has 1 atom stereocenters. The molecule has 0 spiro atoms. The van der Waals surface area contributed by atoms with Gasteiger partial charge >= 0.3 is 6.03 Å². The monoisotopic (exact) mass is 581 g/mol. The number of hydrogen-bond donors (Lipinski definition) is 1. The highest BCUT2D eigenvalue weighted by atomic mass is 16.5. The first-order chi connectivity index (χ1) is 20.1. The zero-order chi connectivity index (χ0) is 30.3. The van der Waals surface area contributed by atoms with Gasteiger partial charge in [0.1, 0.15) is 23.8 Å². The number of benzene rings is 2. The number of carbonyl (C=O) groups excluding carboxylic acids is 2. The van der Waals surface area contributed by atoms with Crippen molar-refractivity contribution in [3.8, 4) is 17.2 Å². The fourth-order valence-corrected chi connectivity index (χ4v) is 5.00. The van der Waals surface area contributed by atoms with Gasteiger partial charge in [0, 0.05) is 49.8 Å². The molecule has 1 fully saturated rings. The Balaban J connectivity index is 1.62. The van der Waals surface area contributed by atoms with Crippen molar-refractivity contribution in [2.24, 2.45) is 5.10 Å². The fraction of sp³-hybridized carbons (Fsp3) is 0.516. The number of urea groups is 1. The number of hydrazone groups is 1. The zero-order valence-electron chi connectivity index (χ0n) is 25.5. The van der Waals surface area contributed by atoms with E-state index in [9.17, 15) is 9.59 Å². The Bertz CT molecular complexity index is 1250. The number of morpholine rings is 1. The van der Waals surface area contributed by atoms with E-state index in [2.05, 4.69) is 10.2 Å². The SMILES string of the molecule is COc1ccc(C2CC(c3ccc(OC)cc3OC)=NN2C(=O)CN(CCN2CCOCC2)C(=O)NC(C)(C)C)cc1. The lowest BCUT2D eigenvalue weighted by Gasteiger charge is -2.32. The number of nitrogens with one attached hydrogen (secondary N) is 1. The molecule has 2 aromatic rings. The molecular formula is C31H43N5O6. The van der Waals surface area contributed by atoms with Crippen LogP contribution in [0.4, 0.5) is 4.79 Å². The normalized spacial score (nSPS) is 17.4. The molecule has 0 aromatic heterocycles. The van der Waals surface area contributed by atoms with Crippen LogP contribution in [0.15, 0.2) is 47.6 Å². The second kappa shape index (κ2) is 13.9. The highest BCUT2D eigenvalue weighted by Gasteiger charge is 2.36. The molecule has 42 heavy (non-hydrogen) atoms. The molecule has 2 heterocycles. The zero-order valence-corrected chi connectivity index (χ0v) is 25.5. The summed E-state index contributed by atoms with van der Waals surface area (Å²) in [7, 11) is 4.81. The molecular weight excluding hydrogens is 538 g/mol. The third-order valence-electron chi connectivity index (χ3n) is 7.27. The van der Waals surface area contributed by atoms with Gasteiger partial charge in [0.25, 0.3) is 5.91 Å². The van der Waals surface area contributed by atoms with E-state index in [1.807, 2.05) is 57.2 Å². The highest BCUT2D eigenvalue weighted by Crippen LogP contribution is 2.36. The van der Waals surface area contributed by atoms with Crippen LogP contribution in [0, 0.1) is 0 Å². The fourth-order valence-electron chi connectivity index (χ4n) is 5.00. The number of carbonyl (C=O) groups is 2. The molecule has 2 aromatic carbocycles. The lowest BCUT2D eigenvalue weighted by atomic mass is 9.97. The molecule has 228 valence electrons. The van der Waals surface area contributed by atoms with E-state index in [0.29, 0.717) is 49.9 Å². The molecule has 0 bridgehead atoms. The number of methoxy groups -OCH3 is 3. The van der Waals surface area contributed by atoms with Gasteiger partial charge < -0.3 is 29.2 Å². The maximum absolute atomic E-state index is 14.0. The van der Waals surface area contributed by atoms with Crippen LogP contribution in [0.3, 0.4) is 0 Å². The number of hydrogen-bond acceptors (Lipinski definition) is 8. The van der Waals surface area contributed by atoms with E-state index < -0.39 is 5.54 Å². The van der Waals surface area contributed by atoms with E-state index in [1.165, 1.54) is 5.01 Å². The van der Waals surface area contributed by atoms with E-state index >= 15 is 0 Å². The largest absolute Gasteiger partial charge is 0.497 e. The maximum atomic E-state index is 14.0. The number of amides is 3. The van der Waals surface area contributed by atoms with Crippen molar-refractivity contribution in [2.75, 3.05) is 67.3 Å². The van der Waals surface area contributed by atoms with Crippen LogP contribution in [-0.2, 0) is 9.53 Å². The lowest BCUT2D eigenvalue weighted by molar-refractivity contribution is -0.133. The molecule has 0 aliphatic carbocycles. The molecule has 2 aliphatic heterocycles. The molecule has 1 unspecified atom stereocenters. The minimum atomic E-state index is -0.452. The minimum Gasteiger partial charge on any atom is -0.497 e. The van der Waals surface area contributed by atoms with Crippen LogP contribution in [-0.4, -0.2) is 105 Å². The summed E-state index contributed by atoms with van der Waals surface area (Å²) < 4.78 is 21.8. The summed E-state index contributed by atoms with van der Waals surface area (Å²) >= 11 is 0. The van der Waals surface area contributed by atoms with Gasteiger partial charge in [-0.05, 0) is 50.6 Å². The van der Waals surface area contributed by atoms with Gasteiger partial charge in [0.15, 0.2) is 0 Å². The van der Waals surface area contributed by atoms with Gasteiger partial charge in [0.2, 0.25) is 0 Å². The molecule has 11 nitrogen and oxygen atoms in total. The Kier molecular flexibility index (Phi) is 10.3. The molecule has 11 heteroatoms. The highest BCUT2D eigenvalue weighted by molar-refractivity contribution is 6.05. The van der Waals surface area contributed by atoms with Gasteiger partial charge in [-0.2, -0.15) is 5.10 Å².